The van der Waals surface area contributed by atoms with E-state index in [0.29, 0.717) is 6.04 Å². The number of rotatable bonds is 6. The van der Waals surface area contributed by atoms with E-state index < -0.39 is 0 Å². The van der Waals surface area contributed by atoms with Gasteiger partial charge in [0, 0.05) is 24.3 Å². The van der Waals surface area contributed by atoms with Gasteiger partial charge in [0.1, 0.15) is 0 Å². The minimum atomic E-state index is 0.674. The summed E-state index contributed by atoms with van der Waals surface area (Å²) in [4.78, 5) is 2.67. The molecule has 0 amide bonds. The van der Waals surface area contributed by atoms with Gasteiger partial charge < -0.3 is 10.2 Å². The van der Waals surface area contributed by atoms with Crippen molar-refractivity contribution >= 4 is 5.69 Å². The average molecular weight is 274 g/mol. The molecule has 1 heterocycles. The lowest BCUT2D eigenvalue weighted by Crippen LogP contribution is -2.35. The predicted octanol–water partition coefficient (Wildman–Crippen LogP) is 4.26. The minimum Gasteiger partial charge on any atom is -0.366 e. The van der Waals surface area contributed by atoms with Gasteiger partial charge in [0.2, 0.25) is 0 Å². The third kappa shape index (κ3) is 3.35. The molecule has 0 radical (unpaired) electrons. The third-order valence-corrected chi connectivity index (χ3v) is 4.51. The quantitative estimate of drug-likeness (QED) is 0.780. The van der Waals surface area contributed by atoms with Crippen LogP contribution in [-0.4, -0.2) is 18.6 Å². The summed E-state index contributed by atoms with van der Waals surface area (Å²) in [6.45, 7) is 11.2. The number of hydrogen-bond acceptors (Lipinski definition) is 2. The van der Waals surface area contributed by atoms with Gasteiger partial charge >= 0.3 is 0 Å². The van der Waals surface area contributed by atoms with E-state index in [2.05, 4.69) is 56.1 Å². The molecule has 20 heavy (non-hydrogen) atoms. The molecule has 1 aromatic rings. The first kappa shape index (κ1) is 15.4. The van der Waals surface area contributed by atoms with Crippen molar-refractivity contribution in [1.29, 1.82) is 0 Å². The zero-order valence-electron chi connectivity index (χ0n) is 13.6. The zero-order valence-corrected chi connectivity index (χ0v) is 13.6. The van der Waals surface area contributed by atoms with Crippen LogP contribution in [0.4, 0.5) is 5.69 Å². The van der Waals surface area contributed by atoms with Gasteiger partial charge in [0.25, 0.3) is 0 Å². The molecule has 1 saturated heterocycles. The van der Waals surface area contributed by atoms with Crippen molar-refractivity contribution in [2.24, 2.45) is 0 Å². The van der Waals surface area contributed by atoms with Crippen molar-refractivity contribution in [1.82, 2.24) is 5.32 Å². The molecule has 1 N–H and O–H groups in total. The first-order chi connectivity index (χ1) is 9.67. The summed E-state index contributed by atoms with van der Waals surface area (Å²) in [5.74, 6) is 0. The van der Waals surface area contributed by atoms with Crippen LogP contribution >= 0.6 is 0 Å². The molecule has 0 saturated carbocycles. The van der Waals surface area contributed by atoms with Crippen molar-refractivity contribution in [3.8, 4) is 0 Å². The van der Waals surface area contributed by atoms with Gasteiger partial charge in [-0.05, 0) is 57.7 Å². The number of benzene rings is 1. The molecule has 0 aromatic heterocycles. The fourth-order valence-electron chi connectivity index (χ4n) is 3.41. The van der Waals surface area contributed by atoms with Crippen LogP contribution in [0.25, 0.3) is 0 Å². The molecular weight excluding hydrogens is 244 g/mol. The Morgan fingerprint density at radius 1 is 1.25 bits per heavy atom. The van der Waals surface area contributed by atoms with Crippen LogP contribution in [-0.2, 0) is 6.54 Å². The summed E-state index contributed by atoms with van der Waals surface area (Å²) in [6, 6.07) is 8.35. The Morgan fingerprint density at radius 2 is 2.05 bits per heavy atom. The van der Waals surface area contributed by atoms with Gasteiger partial charge in [-0.25, -0.2) is 0 Å². The van der Waals surface area contributed by atoms with Crippen LogP contribution in [0, 0.1) is 6.92 Å². The first-order valence-corrected chi connectivity index (χ1v) is 8.26. The van der Waals surface area contributed by atoms with E-state index in [-0.39, 0.29) is 0 Å². The average Bonchev–Trinajstić information content (AvgIpc) is 2.80. The van der Waals surface area contributed by atoms with Gasteiger partial charge in [0.05, 0.1) is 0 Å². The van der Waals surface area contributed by atoms with Gasteiger partial charge in [-0.1, -0.05) is 31.5 Å². The smallest absolute Gasteiger partial charge is 0.0416 e. The molecule has 2 atom stereocenters. The Balaban J connectivity index is 2.25. The monoisotopic (exact) mass is 274 g/mol. The molecule has 0 aliphatic carbocycles. The highest BCUT2D eigenvalue weighted by Crippen LogP contribution is 2.34. The Hall–Kier alpha value is -1.02. The molecular formula is C18H30N2. The maximum Gasteiger partial charge on any atom is 0.0416 e. The number of anilines is 1. The zero-order chi connectivity index (χ0) is 14.5. The summed E-state index contributed by atoms with van der Waals surface area (Å²) >= 11 is 0. The highest BCUT2D eigenvalue weighted by Gasteiger charge is 2.30. The van der Waals surface area contributed by atoms with Crippen molar-refractivity contribution in [3.63, 3.8) is 0 Å². The van der Waals surface area contributed by atoms with Crippen LogP contribution in [0.3, 0.4) is 0 Å². The first-order valence-electron chi connectivity index (χ1n) is 8.26. The van der Waals surface area contributed by atoms with Crippen molar-refractivity contribution in [2.75, 3.05) is 11.4 Å². The van der Waals surface area contributed by atoms with E-state index in [0.717, 1.165) is 19.1 Å². The minimum absolute atomic E-state index is 0.674. The number of nitrogens with zero attached hydrogens (tertiary/aromatic N) is 1. The van der Waals surface area contributed by atoms with Crippen LogP contribution in [0.1, 0.15) is 57.6 Å². The second-order valence-corrected chi connectivity index (χ2v) is 6.20. The highest BCUT2D eigenvalue weighted by atomic mass is 15.2. The van der Waals surface area contributed by atoms with Crippen LogP contribution in [0.5, 0.6) is 0 Å². The van der Waals surface area contributed by atoms with Crippen molar-refractivity contribution < 1.29 is 0 Å². The van der Waals surface area contributed by atoms with E-state index >= 15 is 0 Å². The number of hydrogen-bond donors (Lipinski definition) is 1. The molecule has 2 nitrogen and oxygen atoms in total. The molecule has 2 rings (SSSR count). The summed E-state index contributed by atoms with van der Waals surface area (Å²) in [7, 11) is 0. The van der Waals surface area contributed by atoms with Crippen LogP contribution in [0.15, 0.2) is 18.2 Å². The molecule has 1 aliphatic rings. The maximum atomic E-state index is 3.56. The molecule has 0 bridgehead atoms. The van der Waals surface area contributed by atoms with Crippen molar-refractivity contribution in [3.05, 3.63) is 29.3 Å². The van der Waals surface area contributed by atoms with Gasteiger partial charge in [-0.15, -0.1) is 0 Å². The normalized spacial score (nSPS) is 22.5. The second-order valence-electron chi connectivity index (χ2n) is 6.20. The molecule has 1 aromatic carbocycles. The Labute approximate surface area is 124 Å². The highest BCUT2D eigenvalue weighted by molar-refractivity contribution is 5.57. The van der Waals surface area contributed by atoms with E-state index in [4.69, 9.17) is 0 Å². The molecule has 0 spiro atoms. The fourth-order valence-corrected chi connectivity index (χ4v) is 3.41. The van der Waals surface area contributed by atoms with Gasteiger partial charge in [0.15, 0.2) is 0 Å². The summed E-state index contributed by atoms with van der Waals surface area (Å²) in [6.07, 6.45) is 5.11. The standard InChI is InChI=1S/C18H30N2/c1-5-11-19-13-16-12-14(3)7-10-18(16)20-15(4)8-9-17(20)6-2/h7,10,12,15,17,19H,5-6,8-9,11,13H2,1-4H3. The van der Waals surface area contributed by atoms with Crippen LogP contribution in [0.2, 0.25) is 0 Å². The lowest BCUT2D eigenvalue weighted by Gasteiger charge is -2.32. The summed E-state index contributed by atoms with van der Waals surface area (Å²) in [5.41, 5.74) is 4.28. The molecule has 2 unspecified atom stereocenters. The van der Waals surface area contributed by atoms with E-state index in [9.17, 15) is 0 Å². The fraction of sp³-hybridized carbons (Fsp3) is 0.667. The maximum absolute atomic E-state index is 3.56. The lowest BCUT2D eigenvalue weighted by molar-refractivity contribution is 0.618. The Bertz CT molecular complexity index is 427. The molecule has 2 heteroatoms. The number of nitrogens with one attached hydrogen (secondary N) is 1. The van der Waals surface area contributed by atoms with Gasteiger partial charge in [-0.3, -0.25) is 0 Å². The topological polar surface area (TPSA) is 15.3 Å². The van der Waals surface area contributed by atoms with E-state index in [1.807, 2.05) is 0 Å². The third-order valence-electron chi connectivity index (χ3n) is 4.51. The second kappa shape index (κ2) is 7.12. The largest absolute Gasteiger partial charge is 0.366 e. The summed E-state index contributed by atoms with van der Waals surface area (Å²) in [5, 5.41) is 3.56. The number of aryl methyl sites for hydroxylation is 1. The molecule has 1 aliphatic heterocycles. The van der Waals surface area contributed by atoms with E-state index in [1.54, 1.807) is 0 Å². The van der Waals surface area contributed by atoms with Crippen LogP contribution < -0.4 is 10.2 Å². The Morgan fingerprint density at radius 3 is 2.75 bits per heavy atom. The van der Waals surface area contributed by atoms with E-state index in [1.165, 1.54) is 42.5 Å². The summed E-state index contributed by atoms with van der Waals surface area (Å²) < 4.78 is 0. The van der Waals surface area contributed by atoms with Crippen molar-refractivity contribution in [2.45, 2.75) is 72.0 Å². The van der Waals surface area contributed by atoms with Gasteiger partial charge in [-0.2, -0.15) is 0 Å². The Kier molecular flexibility index (Phi) is 5.47. The lowest BCUT2D eigenvalue weighted by atomic mass is 10.1. The predicted molar refractivity (Wildman–Crippen MR) is 88.4 cm³/mol. The molecule has 1 fully saturated rings. The SMILES string of the molecule is CCCNCc1cc(C)ccc1N1C(C)CCC1CC. The molecule has 112 valence electrons.